The second-order valence-electron chi connectivity index (χ2n) is 8.46. The number of benzene rings is 1. The Kier molecular flexibility index (Phi) is 6.60. The van der Waals surface area contributed by atoms with E-state index in [1.807, 2.05) is 6.07 Å². The first-order valence-corrected chi connectivity index (χ1v) is 11.0. The highest BCUT2D eigenvalue weighted by Crippen LogP contribution is 2.30. The SMILES string of the molecule is Cc1nn(Cc2cccc(C(F)(F)F)c2)c(C)c1NC(=O)c1ccc(CN2CCCCC2)o1. The smallest absolute Gasteiger partial charge is 0.416 e. The van der Waals surface area contributed by atoms with Gasteiger partial charge in [0.25, 0.3) is 5.91 Å². The lowest BCUT2D eigenvalue weighted by Gasteiger charge is -2.25. The molecule has 176 valence electrons. The number of nitrogens with one attached hydrogen (secondary N) is 1. The lowest BCUT2D eigenvalue weighted by molar-refractivity contribution is -0.137. The molecule has 1 amide bonds. The monoisotopic (exact) mass is 460 g/mol. The number of carbonyl (C=O) groups excluding carboxylic acids is 1. The number of alkyl halides is 3. The molecule has 0 aliphatic carbocycles. The summed E-state index contributed by atoms with van der Waals surface area (Å²) in [5.41, 5.74) is 1.53. The van der Waals surface area contributed by atoms with Crippen molar-refractivity contribution in [2.24, 2.45) is 0 Å². The number of aromatic nitrogens is 2. The Hall–Kier alpha value is -3.07. The number of amides is 1. The molecule has 2 aromatic heterocycles. The normalized spacial score (nSPS) is 15.1. The van der Waals surface area contributed by atoms with Gasteiger partial charge in [0.2, 0.25) is 0 Å². The van der Waals surface area contributed by atoms with E-state index < -0.39 is 11.7 Å². The van der Waals surface area contributed by atoms with Crippen molar-refractivity contribution in [3.63, 3.8) is 0 Å². The van der Waals surface area contributed by atoms with E-state index in [1.54, 1.807) is 30.7 Å². The second kappa shape index (κ2) is 9.43. The van der Waals surface area contributed by atoms with E-state index in [9.17, 15) is 18.0 Å². The summed E-state index contributed by atoms with van der Waals surface area (Å²) in [6, 6.07) is 8.63. The Morgan fingerprint density at radius 3 is 2.58 bits per heavy atom. The molecule has 1 aliphatic heterocycles. The van der Waals surface area contributed by atoms with E-state index in [0.717, 1.165) is 31.0 Å². The maximum Gasteiger partial charge on any atom is 0.416 e. The number of hydrogen-bond donors (Lipinski definition) is 1. The zero-order valence-electron chi connectivity index (χ0n) is 18.7. The zero-order valence-corrected chi connectivity index (χ0v) is 18.7. The van der Waals surface area contributed by atoms with E-state index in [-0.39, 0.29) is 18.2 Å². The Morgan fingerprint density at radius 1 is 1.09 bits per heavy atom. The van der Waals surface area contributed by atoms with Crippen molar-refractivity contribution in [3.8, 4) is 0 Å². The molecule has 9 heteroatoms. The van der Waals surface area contributed by atoms with Gasteiger partial charge in [-0.2, -0.15) is 18.3 Å². The minimum absolute atomic E-state index is 0.160. The van der Waals surface area contributed by atoms with Gasteiger partial charge in [0.15, 0.2) is 5.76 Å². The predicted molar refractivity (Wildman–Crippen MR) is 118 cm³/mol. The summed E-state index contributed by atoms with van der Waals surface area (Å²) < 4.78 is 46.4. The number of piperidine rings is 1. The minimum atomic E-state index is -4.40. The number of likely N-dealkylation sites (tertiary alicyclic amines) is 1. The van der Waals surface area contributed by atoms with Gasteiger partial charge in [0.1, 0.15) is 5.76 Å². The molecule has 0 unspecified atom stereocenters. The molecule has 0 saturated carbocycles. The molecular formula is C24H27F3N4O2. The lowest BCUT2D eigenvalue weighted by atomic mass is 10.1. The quantitative estimate of drug-likeness (QED) is 0.535. The maximum absolute atomic E-state index is 13.0. The topological polar surface area (TPSA) is 63.3 Å². The average Bonchev–Trinajstić information content (AvgIpc) is 3.34. The molecule has 1 aromatic carbocycles. The third-order valence-electron chi connectivity index (χ3n) is 5.92. The molecule has 4 rings (SSSR count). The van der Waals surface area contributed by atoms with Crippen LogP contribution in [0.1, 0.15) is 58.1 Å². The van der Waals surface area contributed by atoms with E-state index in [0.29, 0.717) is 29.2 Å². The van der Waals surface area contributed by atoms with Gasteiger partial charge in [0.05, 0.1) is 35.7 Å². The van der Waals surface area contributed by atoms with Crippen molar-refractivity contribution in [2.45, 2.75) is 52.4 Å². The number of furan rings is 1. The maximum atomic E-state index is 13.0. The largest absolute Gasteiger partial charge is 0.455 e. The van der Waals surface area contributed by atoms with E-state index in [2.05, 4.69) is 15.3 Å². The number of halogens is 3. The number of nitrogens with zero attached hydrogens (tertiary/aromatic N) is 3. The highest BCUT2D eigenvalue weighted by molar-refractivity contribution is 6.02. The molecule has 1 fully saturated rings. The number of rotatable bonds is 6. The van der Waals surface area contributed by atoms with Crippen molar-refractivity contribution in [1.82, 2.24) is 14.7 Å². The molecule has 0 radical (unpaired) electrons. The summed E-state index contributed by atoms with van der Waals surface area (Å²) in [5.74, 6) is 0.576. The van der Waals surface area contributed by atoms with Gasteiger partial charge in [-0.3, -0.25) is 14.4 Å². The third-order valence-corrected chi connectivity index (χ3v) is 5.92. The highest BCUT2D eigenvalue weighted by atomic mass is 19.4. The van der Waals surface area contributed by atoms with Crippen molar-refractivity contribution in [3.05, 3.63) is 70.4 Å². The van der Waals surface area contributed by atoms with Crippen LogP contribution in [-0.2, 0) is 19.3 Å². The van der Waals surface area contributed by atoms with E-state index in [1.165, 1.54) is 25.3 Å². The lowest BCUT2D eigenvalue weighted by Crippen LogP contribution is -2.28. The number of anilines is 1. The summed E-state index contributed by atoms with van der Waals surface area (Å²) in [6.45, 7) is 6.42. The number of hydrogen-bond acceptors (Lipinski definition) is 4. The van der Waals surface area contributed by atoms with Crippen LogP contribution in [-0.4, -0.2) is 33.7 Å². The van der Waals surface area contributed by atoms with Crippen LogP contribution in [0.25, 0.3) is 0 Å². The fourth-order valence-corrected chi connectivity index (χ4v) is 4.15. The van der Waals surface area contributed by atoms with E-state index in [4.69, 9.17) is 4.42 Å². The number of aryl methyl sites for hydroxylation is 1. The van der Waals surface area contributed by atoms with Gasteiger partial charge >= 0.3 is 6.18 Å². The fourth-order valence-electron chi connectivity index (χ4n) is 4.15. The first-order chi connectivity index (χ1) is 15.7. The average molecular weight is 461 g/mol. The van der Waals surface area contributed by atoms with Gasteiger partial charge in [-0.25, -0.2) is 0 Å². The first kappa shape index (κ1) is 23.1. The molecule has 6 nitrogen and oxygen atoms in total. The van der Waals surface area contributed by atoms with Gasteiger partial charge in [0, 0.05) is 0 Å². The van der Waals surface area contributed by atoms with Crippen molar-refractivity contribution >= 4 is 11.6 Å². The molecule has 3 heterocycles. The van der Waals surface area contributed by atoms with Crippen LogP contribution in [0.4, 0.5) is 18.9 Å². The van der Waals surface area contributed by atoms with Crippen molar-refractivity contribution in [1.29, 1.82) is 0 Å². The summed E-state index contributed by atoms with van der Waals surface area (Å²) >= 11 is 0. The Balaban J connectivity index is 1.45. The van der Waals surface area contributed by atoms with Crippen LogP contribution in [0.15, 0.2) is 40.8 Å². The van der Waals surface area contributed by atoms with Crippen LogP contribution in [0, 0.1) is 13.8 Å². The second-order valence-corrected chi connectivity index (χ2v) is 8.46. The van der Waals surface area contributed by atoms with Crippen LogP contribution >= 0.6 is 0 Å². The summed E-state index contributed by atoms with van der Waals surface area (Å²) in [7, 11) is 0. The highest BCUT2D eigenvalue weighted by Gasteiger charge is 2.30. The van der Waals surface area contributed by atoms with Gasteiger partial charge in [-0.05, 0) is 69.6 Å². The Morgan fingerprint density at radius 2 is 1.85 bits per heavy atom. The van der Waals surface area contributed by atoms with Crippen molar-refractivity contribution in [2.75, 3.05) is 18.4 Å². The molecule has 0 bridgehead atoms. The first-order valence-electron chi connectivity index (χ1n) is 11.0. The zero-order chi connectivity index (χ0) is 23.6. The summed E-state index contributed by atoms with van der Waals surface area (Å²) in [4.78, 5) is 15.1. The number of carbonyl (C=O) groups is 1. The molecule has 3 aromatic rings. The fraction of sp³-hybridized carbons (Fsp3) is 0.417. The molecule has 1 saturated heterocycles. The Bertz CT molecular complexity index is 1130. The molecular weight excluding hydrogens is 433 g/mol. The van der Waals surface area contributed by atoms with Crippen LogP contribution in [0.5, 0.6) is 0 Å². The Labute approximate surface area is 190 Å². The standard InChI is InChI=1S/C24H27F3N4O2/c1-16-22(17(2)31(29-16)14-18-7-6-8-19(13-18)24(25,26)27)28-23(32)21-10-9-20(33-21)15-30-11-4-3-5-12-30/h6-10,13H,3-5,11-12,14-15H2,1-2H3,(H,28,32). The van der Waals surface area contributed by atoms with Gasteiger partial charge in [-0.15, -0.1) is 0 Å². The van der Waals surface area contributed by atoms with Crippen LogP contribution in [0.2, 0.25) is 0 Å². The van der Waals surface area contributed by atoms with Gasteiger partial charge in [-0.1, -0.05) is 18.6 Å². The predicted octanol–water partition coefficient (Wildman–Crippen LogP) is 5.40. The molecule has 1 N–H and O–H groups in total. The third kappa shape index (κ3) is 5.47. The minimum Gasteiger partial charge on any atom is -0.455 e. The molecule has 0 spiro atoms. The summed E-state index contributed by atoms with van der Waals surface area (Å²) in [6.07, 6.45) is -0.795. The molecule has 0 atom stereocenters. The van der Waals surface area contributed by atoms with E-state index >= 15 is 0 Å². The van der Waals surface area contributed by atoms with Gasteiger partial charge < -0.3 is 9.73 Å². The van der Waals surface area contributed by atoms with Crippen molar-refractivity contribution < 1.29 is 22.4 Å². The molecule has 33 heavy (non-hydrogen) atoms. The van der Waals surface area contributed by atoms with Crippen LogP contribution in [0.3, 0.4) is 0 Å². The summed E-state index contributed by atoms with van der Waals surface area (Å²) in [5, 5.41) is 7.25. The van der Waals surface area contributed by atoms with Crippen LogP contribution < -0.4 is 5.32 Å². The molecule has 1 aliphatic rings.